The van der Waals surface area contributed by atoms with Crippen LogP contribution in [0.1, 0.15) is 43.7 Å². The van der Waals surface area contributed by atoms with Gasteiger partial charge in [-0.3, -0.25) is 4.99 Å². The molecule has 0 aromatic heterocycles. The Kier molecular flexibility index (Phi) is 8.77. The summed E-state index contributed by atoms with van der Waals surface area (Å²) in [5, 5.41) is 3.45. The monoisotopic (exact) mass is 347 g/mol. The molecule has 0 radical (unpaired) electrons. The van der Waals surface area contributed by atoms with E-state index in [1.807, 2.05) is 7.05 Å². The van der Waals surface area contributed by atoms with Crippen LogP contribution in [0.3, 0.4) is 0 Å². The lowest BCUT2D eigenvalue weighted by molar-refractivity contribution is -0.0390. The van der Waals surface area contributed by atoms with Crippen molar-refractivity contribution in [2.24, 2.45) is 4.99 Å². The van der Waals surface area contributed by atoms with Crippen molar-refractivity contribution in [3.05, 3.63) is 35.4 Å². The molecule has 1 saturated heterocycles. The summed E-state index contributed by atoms with van der Waals surface area (Å²) < 4.78 is 11.4. The number of ether oxygens (including phenoxy) is 2. The molecule has 0 bridgehead atoms. The third-order valence-electron chi connectivity index (χ3n) is 4.52. The van der Waals surface area contributed by atoms with Gasteiger partial charge >= 0.3 is 0 Å². The number of guanidine groups is 1. The second kappa shape index (κ2) is 11.1. The van der Waals surface area contributed by atoms with E-state index in [-0.39, 0.29) is 0 Å². The largest absolute Gasteiger partial charge is 0.381 e. The minimum absolute atomic E-state index is 0.335. The predicted octanol–water partition coefficient (Wildman–Crippen LogP) is 3.19. The molecule has 0 unspecified atom stereocenters. The number of aliphatic imine (C=N–C) groups is 1. The molecule has 1 fully saturated rings. The Labute approximate surface area is 152 Å². The zero-order valence-electron chi connectivity index (χ0n) is 16.0. The van der Waals surface area contributed by atoms with E-state index in [1.165, 1.54) is 24.0 Å². The van der Waals surface area contributed by atoms with Gasteiger partial charge in [0.25, 0.3) is 0 Å². The maximum Gasteiger partial charge on any atom is 0.193 e. The number of unbranched alkanes of at least 4 members (excludes halogenated alkanes) is 1. The van der Waals surface area contributed by atoms with Crippen molar-refractivity contribution < 1.29 is 9.47 Å². The van der Waals surface area contributed by atoms with Crippen LogP contribution in [0.15, 0.2) is 29.3 Å². The molecule has 0 aliphatic carbocycles. The molecule has 0 spiro atoms. The molecule has 0 atom stereocenters. The molecule has 5 heteroatoms. The van der Waals surface area contributed by atoms with E-state index in [2.05, 4.69) is 53.4 Å². The van der Waals surface area contributed by atoms with Crippen LogP contribution in [-0.2, 0) is 22.6 Å². The minimum atomic E-state index is 0.335. The van der Waals surface area contributed by atoms with Crippen molar-refractivity contribution in [1.29, 1.82) is 0 Å². The van der Waals surface area contributed by atoms with Crippen LogP contribution in [0.4, 0.5) is 0 Å². The van der Waals surface area contributed by atoms with E-state index in [4.69, 9.17) is 9.47 Å². The summed E-state index contributed by atoms with van der Waals surface area (Å²) in [4.78, 5) is 6.55. The van der Waals surface area contributed by atoms with Gasteiger partial charge in [-0.25, -0.2) is 0 Å². The Morgan fingerprint density at radius 3 is 2.80 bits per heavy atom. The number of nitrogens with one attached hydrogen (secondary N) is 1. The van der Waals surface area contributed by atoms with Gasteiger partial charge in [0.15, 0.2) is 5.96 Å². The molecule has 25 heavy (non-hydrogen) atoms. The average molecular weight is 348 g/mol. The molecule has 1 aliphatic rings. The van der Waals surface area contributed by atoms with E-state index in [1.54, 1.807) is 0 Å². The van der Waals surface area contributed by atoms with Gasteiger partial charge in [0, 0.05) is 40.4 Å². The fourth-order valence-electron chi connectivity index (χ4n) is 2.95. The van der Waals surface area contributed by atoms with Crippen LogP contribution in [0, 0.1) is 0 Å². The van der Waals surface area contributed by atoms with Gasteiger partial charge in [-0.15, -0.1) is 0 Å². The molecular weight excluding hydrogens is 314 g/mol. The smallest absolute Gasteiger partial charge is 0.193 e. The fourth-order valence-corrected chi connectivity index (χ4v) is 2.95. The third kappa shape index (κ3) is 7.04. The lowest BCUT2D eigenvalue weighted by Crippen LogP contribution is -2.38. The molecule has 0 saturated carbocycles. The van der Waals surface area contributed by atoms with Crippen LogP contribution < -0.4 is 5.32 Å². The van der Waals surface area contributed by atoms with Crippen molar-refractivity contribution >= 4 is 5.96 Å². The van der Waals surface area contributed by atoms with E-state index in [0.29, 0.717) is 12.7 Å². The van der Waals surface area contributed by atoms with Crippen LogP contribution in [-0.4, -0.2) is 50.8 Å². The first-order valence-electron chi connectivity index (χ1n) is 9.42. The highest BCUT2D eigenvalue weighted by molar-refractivity contribution is 5.79. The van der Waals surface area contributed by atoms with Crippen molar-refractivity contribution in [3.63, 3.8) is 0 Å². The van der Waals surface area contributed by atoms with Gasteiger partial charge in [-0.05, 0) is 30.4 Å². The number of rotatable bonds is 8. The average Bonchev–Trinajstić information content (AvgIpc) is 2.66. The minimum Gasteiger partial charge on any atom is -0.381 e. The third-order valence-corrected chi connectivity index (χ3v) is 4.52. The summed E-state index contributed by atoms with van der Waals surface area (Å²) in [6.07, 6.45) is 4.71. The molecule has 140 valence electrons. The molecule has 1 aliphatic heterocycles. The maximum absolute atomic E-state index is 6.02. The van der Waals surface area contributed by atoms with Crippen LogP contribution >= 0.6 is 0 Å². The van der Waals surface area contributed by atoms with Gasteiger partial charge < -0.3 is 19.7 Å². The van der Waals surface area contributed by atoms with Crippen LogP contribution in [0.5, 0.6) is 0 Å². The lowest BCUT2D eigenvalue weighted by Gasteiger charge is -2.23. The van der Waals surface area contributed by atoms with Crippen molar-refractivity contribution in [2.75, 3.05) is 33.9 Å². The Hall–Kier alpha value is -1.59. The number of nitrogens with zero attached hydrogens (tertiary/aromatic N) is 2. The van der Waals surface area contributed by atoms with Crippen molar-refractivity contribution in [1.82, 2.24) is 10.2 Å². The molecule has 5 nitrogen and oxygen atoms in total. The highest BCUT2D eigenvalue weighted by Crippen LogP contribution is 2.14. The Morgan fingerprint density at radius 2 is 2.08 bits per heavy atom. The quantitative estimate of drug-likeness (QED) is 0.579. The zero-order valence-corrected chi connectivity index (χ0v) is 16.0. The number of hydrogen-bond acceptors (Lipinski definition) is 3. The SMILES string of the molecule is CCCCN(C)C(=NC)NCc1cccc(COC2CCOCC2)c1. The van der Waals surface area contributed by atoms with Crippen LogP contribution in [0.25, 0.3) is 0 Å². The normalized spacial score (nSPS) is 16.0. The first-order valence-corrected chi connectivity index (χ1v) is 9.42. The second-order valence-electron chi connectivity index (χ2n) is 6.62. The van der Waals surface area contributed by atoms with E-state index in [9.17, 15) is 0 Å². The molecule has 1 heterocycles. The highest BCUT2D eigenvalue weighted by Gasteiger charge is 2.14. The van der Waals surface area contributed by atoms with Crippen molar-refractivity contribution in [3.8, 4) is 0 Å². The Morgan fingerprint density at radius 1 is 1.32 bits per heavy atom. The Balaban J connectivity index is 1.81. The van der Waals surface area contributed by atoms with Crippen LogP contribution in [0.2, 0.25) is 0 Å². The maximum atomic E-state index is 6.02. The number of benzene rings is 1. The first-order chi connectivity index (χ1) is 12.2. The predicted molar refractivity (Wildman–Crippen MR) is 103 cm³/mol. The number of hydrogen-bond donors (Lipinski definition) is 1. The van der Waals surface area contributed by atoms with Crippen molar-refractivity contribution in [2.45, 2.75) is 51.9 Å². The van der Waals surface area contributed by atoms with E-state index >= 15 is 0 Å². The van der Waals surface area contributed by atoms with Gasteiger partial charge in [-0.2, -0.15) is 0 Å². The summed E-state index contributed by atoms with van der Waals surface area (Å²) in [7, 11) is 3.92. The molecule has 1 aromatic rings. The molecular formula is C20H33N3O2. The fraction of sp³-hybridized carbons (Fsp3) is 0.650. The van der Waals surface area contributed by atoms with Gasteiger partial charge in [0.1, 0.15) is 0 Å². The summed E-state index contributed by atoms with van der Waals surface area (Å²) in [5.74, 6) is 0.942. The van der Waals surface area contributed by atoms with Gasteiger partial charge in [-0.1, -0.05) is 37.6 Å². The molecule has 0 amide bonds. The van der Waals surface area contributed by atoms with Gasteiger partial charge in [0.2, 0.25) is 0 Å². The Bertz CT molecular complexity index is 527. The van der Waals surface area contributed by atoms with E-state index in [0.717, 1.165) is 45.1 Å². The van der Waals surface area contributed by atoms with Gasteiger partial charge in [0.05, 0.1) is 12.7 Å². The summed E-state index contributed by atoms with van der Waals surface area (Å²) >= 11 is 0. The molecule has 1 N–H and O–H groups in total. The zero-order chi connectivity index (χ0) is 17.9. The molecule has 2 rings (SSSR count). The summed E-state index contributed by atoms with van der Waals surface area (Å²) in [5.41, 5.74) is 2.47. The standard InChI is InChI=1S/C20H33N3O2/c1-4-5-11-23(3)20(21-2)22-15-17-7-6-8-18(14-17)16-25-19-9-12-24-13-10-19/h6-8,14,19H,4-5,9-13,15-16H2,1-3H3,(H,21,22). The second-order valence-corrected chi connectivity index (χ2v) is 6.62. The molecule has 1 aromatic carbocycles. The summed E-state index contributed by atoms with van der Waals surface area (Å²) in [6.45, 7) is 6.31. The highest BCUT2D eigenvalue weighted by atomic mass is 16.5. The first kappa shape index (κ1) is 19.7. The summed E-state index contributed by atoms with van der Waals surface area (Å²) in [6, 6.07) is 8.59. The topological polar surface area (TPSA) is 46.1 Å². The lowest BCUT2D eigenvalue weighted by atomic mass is 10.1. The van der Waals surface area contributed by atoms with E-state index < -0.39 is 0 Å².